The maximum absolute atomic E-state index is 6.21. The first kappa shape index (κ1) is 18.4. The van der Waals surface area contributed by atoms with Crippen molar-refractivity contribution < 1.29 is 0 Å². The third kappa shape index (κ3) is 3.33. The van der Waals surface area contributed by atoms with E-state index in [-0.39, 0.29) is 6.04 Å². The van der Waals surface area contributed by atoms with Crippen LogP contribution in [0.15, 0.2) is 55.5 Å². The molecule has 0 spiro atoms. The van der Waals surface area contributed by atoms with Gasteiger partial charge in [-0.15, -0.1) is 0 Å². The molecular formula is C23H23N7. The molecule has 5 rings (SSSR count). The van der Waals surface area contributed by atoms with E-state index in [1.165, 1.54) is 0 Å². The molecule has 0 radical (unpaired) electrons. The van der Waals surface area contributed by atoms with Crippen molar-refractivity contribution in [2.75, 3.05) is 18.0 Å². The lowest BCUT2D eigenvalue weighted by Crippen LogP contribution is -2.43. The fourth-order valence-corrected chi connectivity index (χ4v) is 3.99. The molecule has 7 nitrogen and oxygen atoms in total. The molecule has 5 heterocycles. The number of fused-ring (bicyclic) bond motifs is 1. The first-order valence-electron chi connectivity index (χ1n) is 10.1. The van der Waals surface area contributed by atoms with Crippen LogP contribution in [0.3, 0.4) is 0 Å². The van der Waals surface area contributed by atoms with E-state index in [0.29, 0.717) is 0 Å². The van der Waals surface area contributed by atoms with Crippen molar-refractivity contribution in [3.05, 3.63) is 61.1 Å². The number of anilines is 1. The number of nitrogens with one attached hydrogen (secondary N) is 1. The molecule has 1 unspecified atom stereocenters. The quantitative estimate of drug-likeness (QED) is 0.546. The number of hydrogen-bond acceptors (Lipinski definition) is 6. The number of piperidine rings is 1. The van der Waals surface area contributed by atoms with E-state index in [1.807, 2.05) is 36.5 Å². The minimum atomic E-state index is 0.168. The lowest BCUT2D eigenvalue weighted by molar-refractivity contribution is 0.503. The molecule has 1 aliphatic heterocycles. The molecule has 7 heteroatoms. The molecule has 1 aliphatic rings. The number of rotatable bonds is 4. The molecule has 0 aromatic carbocycles. The van der Waals surface area contributed by atoms with Gasteiger partial charge >= 0.3 is 0 Å². The van der Waals surface area contributed by atoms with Gasteiger partial charge in [-0.05, 0) is 43.2 Å². The Hall–Kier alpha value is -3.58. The summed E-state index contributed by atoms with van der Waals surface area (Å²) in [6.07, 6.45) is 9.33. The van der Waals surface area contributed by atoms with Crippen LogP contribution in [0.4, 0.5) is 5.82 Å². The molecule has 0 amide bonds. The zero-order chi connectivity index (χ0) is 20.5. The van der Waals surface area contributed by atoms with Gasteiger partial charge in [0.05, 0.1) is 23.1 Å². The minimum absolute atomic E-state index is 0.168. The Morgan fingerprint density at radius 3 is 2.93 bits per heavy atom. The Morgan fingerprint density at radius 2 is 2.13 bits per heavy atom. The summed E-state index contributed by atoms with van der Waals surface area (Å²) < 4.78 is 0. The van der Waals surface area contributed by atoms with Gasteiger partial charge in [0.15, 0.2) is 0 Å². The summed E-state index contributed by atoms with van der Waals surface area (Å²) in [6.45, 7) is 5.70. The normalized spacial score (nSPS) is 16.7. The second kappa shape index (κ2) is 7.68. The van der Waals surface area contributed by atoms with Gasteiger partial charge < -0.3 is 10.6 Å². The SMILES string of the molecule is C=Cc1ccc(-c2n[nH]c3cnc(-c4cccnc4)cc23)nc1N1CCCC(N)C1. The average molecular weight is 397 g/mol. The first-order chi connectivity index (χ1) is 14.7. The zero-order valence-electron chi connectivity index (χ0n) is 16.6. The lowest BCUT2D eigenvalue weighted by atomic mass is 10.1. The maximum atomic E-state index is 6.21. The lowest BCUT2D eigenvalue weighted by Gasteiger charge is -2.32. The highest BCUT2D eigenvalue weighted by molar-refractivity contribution is 5.94. The fourth-order valence-electron chi connectivity index (χ4n) is 3.99. The second-order valence-corrected chi connectivity index (χ2v) is 7.59. The van der Waals surface area contributed by atoms with E-state index >= 15 is 0 Å². The highest BCUT2D eigenvalue weighted by Gasteiger charge is 2.21. The van der Waals surface area contributed by atoms with E-state index in [9.17, 15) is 0 Å². The highest BCUT2D eigenvalue weighted by atomic mass is 15.2. The van der Waals surface area contributed by atoms with Crippen molar-refractivity contribution >= 4 is 22.8 Å². The van der Waals surface area contributed by atoms with Gasteiger partial charge in [0.2, 0.25) is 0 Å². The molecule has 0 saturated carbocycles. The summed E-state index contributed by atoms with van der Waals surface area (Å²) in [7, 11) is 0. The Bertz CT molecular complexity index is 1200. The summed E-state index contributed by atoms with van der Waals surface area (Å²) in [5.41, 5.74) is 11.5. The summed E-state index contributed by atoms with van der Waals surface area (Å²) in [4.78, 5) is 16.0. The van der Waals surface area contributed by atoms with Gasteiger partial charge in [-0.1, -0.05) is 12.7 Å². The Labute approximate surface area is 174 Å². The monoisotopic (exact) mass is 397 g/mol. The van der Waals surface area contributed by atoms with E-state index in [2.05, 4.69) is 37.7 Å². The van der Waals surface area contributed by atoms with Gasteiger partial charge in [-0.25, -0.2) is 4.98 Å². The van der Waals surface area contributed by atoms with Crippen LogP contribution < -0.4 is 10.6 Å². The molecule has 3 N–H and O–H groups in total. The van der Waals surface area contributed by atoms with Crippen molar-refractivity contribution in [3.63, 3.8) is 0 Å². The van der Waals surface area contributed by atoms with Crippen LogP contribution >= 0.6 is 0 Å². The third-order valence-corrected chi connectivity index (χ3v) is 5.53. The topological polar surface area (TPSA) is 96.6 Å². The first-order valence-corrected chi connectivity index (χ1v) is 10.1. The van der Waals surface area contributed by atoms with Gasteiger partial charge in [0.1, 0.15) is 11.5 Å². The molecule has 1 fully saturated rings. The van der Waals surface area contributed by atoms with Gasteiger partial charge in [0.25, 0.3) is 0 Å². The van der Waals surface area contributed by atoms with Crippen molar-refractivity contribution in [3.8, 4) is 22.6 Å². The van der Waals surface area contributed by atoms with Crippen LogP contribution in [0.2, 0.25) is 0 Å². The largest absolute Gasteiger partial charge is 0.355 e. The van der Waals surface area contributed by atoms with Gasteiger partial charge in [-0.3, -0.25) is 15.1 Å². The van der Waals surface area contributed by atoms with E-state index in [0.717, 1.165) is 70.9 Å². The number of aromatic nitrogens is 5. The van der Waals surface area contributed by atoms with Crippen LogP contribution in [-0.4, -0.2) is 44.3 Å². The number of pyridine rings is 3. The Morgan fingerprint density at radius 1 is 1.20 bits per heavy atom. The van der Waals surface area contributed by atoms with Crippen molar-refractivity contribution in [1.29, 1.82) is 0 Å². The van der Waals surface area contributed by atoms with E-state index in [1.54, 1.807) is 12.4 Å². The van der Waals surface area contributed by atoms with Gasteiger partial charge in [0, 0.05) is 48.0 Å². The molecule has 150 valence electrons. The van der Waals surface area contributed by atoms with Crippen LogP contribution in [0.25, 0.3) is 39.6 Å². The van der Waals surface area contributed by atoms with Crippen molar-refractivity contribution in [2.45, 2.75) is 18.9 Å². The average Bonchev–Trinajstić information content (AvgIpc) is 3.22. The summed E-state index contributed by atoms with van der Waals surface area (Å²) in [5.74, 6) is 0.912. The number of hydrogen-bond donors (Lipinski definition) is 2. The second-order valence-electron chi connectivity index (χ2n) is 7.59. The zero-order valence-corrected chi connectivity index (χ0v) is 16.6. The molecule has 4 aromatic heterocycles. The standard InChI is InChI=1S/C23H23N7/c1-2-15-7-8-19(27-23(15)30-10-4-6-17(24)14-30)22-18-11-20(16-5-3-9-25-12-16)26-13-21(18)28-29-22/h2-3,5,7-9,11-13,17H,1,4,6,10,14,24H2,(H,28,29). The summed E-state index contributed by atoms with van der Waals surface area (Å²) in [6, 6.07) is 10.1. The number of aromatic amines is 1. The minimum Gasteiger partial charge on any atom is -0.355 e. The van der Waals surface area contributed by atoms with Crippen LogP contribution in [0.1, 0.15) is 18.4 Å². The molecule has 1 saturated heterocycles. The molecule has 0 bridgehead atoms. The third-order valence-electron chi connectivity index (χ3n) is 5.53. The summed E-state index contributed by atoms with van der Waals surface area (Å²) in [5, 5.41) is 8.60. The van der Waals surface area contributed by atoms with Crippen LogP contribution in [-0.2, 0) is 0 Å². The highest BCUT2D eigenvalue weighted by Crippen LogP contribution is 2.31. The van der Waals surface area contributed by atoms with E-state index in [4.69, 9.17) is 10.7 Å². The molecule has 30 heavy (non-hydrogen) atoms. The predicted octanol–water partition coefficient (Wildman–Crippen LogP) is 3.65. The Kier molecular flexibility index (Phi) is 4.72. The molecule has 4 aromatic rings. The number of nitrogens with zero attached hydrogens (tertiary/aromatic N) is 5. The van der Waals surface area contributed by atoms with Crippen LogP contribution in [0, 0.1) is 0 Å². The predicted molar refractivity (Wildman–Crippen MR) is 120 cm³/mol. The van der Waals surface area contributed by atoms with Crippen molar-refractivity contribution in [2.24, 2.45) is 5.73 Å². The Balaban J connectivity index is 1.60. The van der Waals surface area contributed by atoms with Crippen LogP contribution in [0.5, 0.6) is 0 Å². The number of H-pyrrole nitrogens is 1. The summed E-state index contributed by atoms with van der Waals surface area (Å²) >= 11 is 0. The number of nitrogens with two attached hydrogens (primary N) is 1. The van der Waals surface area contributed by atoms with E-state index < -0.39 is 0 Å². The maximum Gasteiger partial charge on any atom is 0.136 e. The molecule has 0 aliphatic carbocycles. The smallest absolute Gasteiger partial charge is 0.136 e. The molecule has 1 atom stereocenters. The molecular weight excluding hydrogens is 374 g/mol. The van der Waals surface area contributed by atoms with Crippen molar-refractivity contribution in [1.82, 2.24) is 25.1 Å². The fraction of sp³-hybridized carbons (Fsp3) is 0.217. The van der Waals surface area contributed by atoms with Gasteiger partial charge in [-0.2, -0.15) is 5.10 Å².